The van der Waals surface area contributed by atoms with Crippen molar-refractivity contribution in [3.63, 3.8) is 0 Å². The molecule has 96 valence electrons. The highest BCUT2D eigenvalue weighted by molar-refractivity contribution is 7.84. The highest BCUT2D eigenvalue weighted by Crippen LogP contribution is 2.07. The van der Waals surface area contributed by atoms with Crippen LogP contribution in [0.2, 0.25) is 0 Å². The van der Waals surface area contributed by atoms with Crippen molar-refractivity contribution in [1.82, 2.24) is 10.2 Å². The minimum Gasteiger partial charge on any atom is -0.316 e. The van der Waals surface area contributed by atoms with Gasteiger partial charge >= 0.3 is 0 Å². The zero-order valence-corrected chi connectivity index (χ0v) is 11.7. The normalized spacial score (nSPS) is 30.7. The van der Waals surface area contributed by atoms with Crippen LogP contribution in [0.15, 0.2) is 0 Å². The standard InChI is InChI=1S/C12H26N2OS/c1-4-16(15)6-5-14-9-11(2)7-13-8-12(3)10-14/h11-13H,4-10H2,1-3H3. The molecule has 16 heavy (non-hydrogen) atoms. The fourth-order valence-electron chi connectivity index (χ4n) is 2.22. The lowest BCUT2D eigenvalue weighted by Gasteiger charge is -2.31. The van der Waals surface area contributed by atoms with Crippen molar-refractivity contribution >= 4 is 10.8 Å². The molecular weight excluding hydrogens is 220 g/mol. The van der Waals surface area contributed by atoms with Crippen LogP contribution in [0.3, 0.4) is 0 Å². The van der Waals surface area contributed by atoms with Gasteiger partial charge in [0.1, 0.15) is 0 Å². The molecule has 3 nitrogen and oxygen atoms in total. The second-order valence-corrected chi connectivity index (χ2v) is 6.93. The Morgan fingerprint density at radius 2 is 1.81 bits per heavy atom. The van der Waals surface area contributed by atoms with E-state index in [1.54, 1.807) is 0 Å². The molecular formula is C12H26N2OS. The molecule has 0 saturated carbocycles. The van der Waals surface area contributed by atoms with Crippen LogP contribution < -0.4 is 5.32 Å². The molecule has 0 bridgehead atoms. The largest absolute Gasteiger partial charge is 0.316 e. The van der Waals surface area contributed by atoms with Gasteiger partial charge in [0.05, 0.1) is 0 Å². The van der Waals surface area contributed by atoms with Crippen LogP contribution in [0.25, 0.3) is 0 Å². The van der Waals surface area contributed by atoms with Gasteiger partial charge in [0.15, 0.2) is 0 Å². The molecule has 1 fully saturated rings. The van der Waals surface area contributed by atoms with Gasteiger partial charge in [-0.1, -0.05) is 20.8 Å². The fourth-order valence-corrected chi connectivity index (χ4v) is 2.97. The van der Waals surface area contributed by atoms with Crippen molar-refractivity contribution in [2.24, 2.45) is 11.8 Å². The lowest BCUT2D eigenvalue weighted by atomic mass is 10.1. The average Bonchev–Trinajstić information content (AvgIpc) is 2.23. The van der Waals surface area contributed by atoms with E-state index in [-0.39, 0.29) is 0 Å². The Labute approximate surface area is 102 Å². The summed E-state index contributed by atoms with van der Waals surface area (Å²) in [6.45, 7) is 12.1. The highest BCUT2D eigenvalue weighted by atomic mass is 32.2. The number of rotatable bonds is 4. The molecule has 1 rings (SSSR count). The lowest BCUT2D eigenvalue weighted by molar-refractivity contribution is 0.195. The first-order valence-electron chi connectivity index (χ1n) is 6.39. The lowest BCUT2D eigenvalue weighted by Crippen LogP contribution is -2.43. The van der Waals surface area contributed by atoms with Gasteiger partial charge < -0.3 is 10.2 Å². The van der Waals surface area contributed by atoms with Gasteiger partial charge in [-0.05, 0) is 24.9 Å². The van der Waals surface area contributed by atoms with E-state index < -0.39 is 10.8 Å². The minimum absolute atomic E-state index is 0.618. The Hall–Kier alpha value is 0.0700. The van der Waals surface area contributed by atoms with Gasteiger partial charge in [0, 0.05) is 41.9 Å². The smallest absolute Gasteiger partial charge is 0.0362 e. The third-order valence-corrected chi connectivity index (χ3v) is 4.36. The summed E-state index contributed by atoms with van der Waals surface area (Å²) < 4.78 is 11.4. The van der Waals surface area contributed by atoms with Crippen molar-refractivity contribution in [1.29, 1.82) is 0 Å². The molecule has 0 aromatic rings. The van der Waals surface area contributed by atoms with Crippen LogP contribution in [0.1, 0.15) is 20.8 Å². The molecule has 0 aromatic heterocycles. The molecule has 1 N–H and O–H groups in total. The van der Waals surface area contributed by atoms with Crippen molar-refractivity contribution < 1.29 is 4.21 Å². The molecule has 3 atom stereocenters. The van der Waals surface area contributed by atoms with E-state index in [4.69, 9.17) is 0 Å². The fraction of sp³-hybridized carbons (Fsp3) is 1.00. The first-order chi connectivity index (χ1) is 7.61. The zero-order chi connectivity index (χ0) is 12.0. The van der Waals surface area contributed by atoms with Gasteiger partial charge in [-0.15, -0.1) is 0 Å². The Bertz CT molecular complexity index is 211. The second kappa shape index (κ2) is 7.41. The Morgan fingerprint density at radius 1 is 1.25 bits per heavy atom. The maximum atomic E-state index is 11.4. The first kappa shape index (κ1) is 14.1. The number of hydrogen-bond donors (Lipinski definition) is 1. The third-order valence-electron chi connectivity index (χ3n) is 3.08. The van der Waals surface area contributed by atoms with Crippen LogP contribution >= 0.6 is 0 Å². The molecule has 4 heteroatoms. The summed E-state index contributed by atoms with van der Waals surface area (Å²) >= 11 is 0. The quantitative estimate of drug-likeness (QED) is 0.801. The summed E-state index contributed by atoms with van der Waals surface area (Å²) in [5.41, 5.74) is 0. The highest BCUT2D eigenvalue weighted by Gasteiger charge is 2.17. The van der Waals surface area contributed by atoms with Gasteiger partial charge in [-0.25, -0.2) is 0 Å². The van der Waals surface area contributed by atoms with Gasteiger partial charge in [-0.3, -0.25) is 4.21 Å². The summed E-state index contributed by atoms with van der Waals surface area (Å²) in [4.78, 5) is 2.49. The molecule has 0 amide bonds. The predicted molar refractivity (Wildman–Crippen MR) is 71.2 cm³/mol. The molecule has 1 saturated heterocycles. The second-order valence-electron chi connectivity index (χ2n) is 5.06. The molecule has 3 unspecified atom stereocenters. The van der Waals surface area contributed by atoms with E-state index in [1.807, 2.05) is 6.92 Å². The van der Waals surface area contributed by atoms with Gasteiger partial charge in [0.2, 0.25) is 0 Å². The Morgan fingerprint density at radius 3 is 2.31 bits per heavy atom. The third kappa shape index (κ3) is 5.41. The number of nitrogens with one attached hydrogen (secondary N) is 1. The van der Waals surface area contributed by atoms with E-state index in [9.17, 15) is 4.21 Å². The van der Waals surface area contributed by atoms with Crippen molar-refractivity contribution in [3.05, 3.63) is 0 Å². The van der Waals surface area contributed by atoms with Crippen molar-refractivity contribution in [2.75, 3.05) is 44.2 Å². The molecule has 0 aliphatic carbocycles. The SMILES string of the molecule is CCS(=O)CCN1CC(C)CNCC(C)C1. The van der Waals surface area contributed by atoms with Crippen LogP contribution in [0.5, 0.6) is 0 Å². The maximum Gasteiger partial charge on any atom is 0.0362 e. The maximum absolute atomic E-state index is 11.4. The minimum atomic E-state index is -0.618. The number of nitrogens with zero attached hydrogens (tertiary/aromatic N) is 1. The van der Waals surface area contributed by atoms with E-state index in [1.165, 1.54) is 0 Å². The first-order valence-corrected chi connectivity index (χ1v) is 7.88. The van der Waals surface area contributed by atoms with Crippen molar-refractivity contribution in [2.45, 2.75) is 20.8 Å². The van der Waals surface area contributed by atoms with Gasteiger partial charge in [-0.2, -0.15) is 0 Å². The molecule has 0 aromatic carbocycles. The predicted octanol–water partition coefficient (Wildman–Crippen LogP) is 0.932. The Kier molecular flexibility index (Phi) is 6.54. The van der Waals surface area contributed by atoms with E-state index in [2.05, 4.69) is 24.1 Å². The van der Waals surface area contributed by atoms with Crippen LogP contribution in [-0.4, -0.2) is 53.3 Å². The van der Waals surface area contributed by atoms with E-state index >= 15 is 0 Å². The van der Waals surface area contributed by atoms with E-state index in [0.717, 1.165) is 44.2 Å². The van der Waals surface area contributed by atoms with Crippen LogP contribution in [-0.2, 0) is 10.8 Å². The van der Waals surface area contributed by atoms with Crippen LogP contribution in [0.4, 0.5) is 0 Å². The monoisotopic (exact) mass is 246 g/mol. The summed E-state index contributed by atoms with van der Waals surface area (Å²) in [6, 6.07) is 0. The van der Waals surface area contributed by atoms with Crippen molar-refractivity contribution in [3.8, 4) is 0 Å². The zero-order valence-electron chi connectivity index (χ0n) is 10.9. The molecule has 0 radical (unpaired) electrons. The molecule has 1 aliphatic rings. The average molecular weight is 246 g/mol. The topological polar surface area (TPSA) is 32.3 Å². The van der Waals surface area contributed by atoms with E-state index in [0.29, 0.717) is 11.8 Å². The summed E-state index contributed by atoms with van der Waals surface area (Å²) in [7, 11) is -0.618. The molecule has 1 aliphatic heterocycles. The summed E-state index contributed by atoms with van der Waals surface area (Å²) in [6.07, 6.45) is 0. The van der Waals surface area contributed by atoms with Gasteiger partial charge in [0.25, 0.3) is 0 Å². The Balaban J connectivity index is 2.37. The summed E-state index contributed by atoms with van der Waals surface area (Å²) in [5.74, 6) is 3.02. The summed E-state index contributed by atoms with van der Waals surface area (Å²) in [5, 5.41) is 3.50. The van der Waals surface area contributed by atoms with Crippen LogP contribution in [0, 0.1) is 11.8 Å². The molecule has 0 spiro atoms. The number of hydrogen-bond acceptors (Lipinski definition) is 3. The molecule has 1 heterocycles.